The first-order chi connectivity index (χ1) is 14.4. The largest absolute Gasteiger partial charge is 0.623 e. The third-order valence-electron chi connectivity index (χ3n) is 5.06. The van der Waals surface area contributed by atoms with E-state index in [2.05, 4.69) is 0 Å². The molecule has 0 spiro atoms. The maximum Gasteiger partial charge on any atom is 0.416 e. The van der Waals surface area contributed by atoms with Crippen molar-refractivity contribution < 1.29 is 22.6 Å². The standard InChI is InChI=1S/C24H18F3NO2/c1-30-21-10-6-5-9-19(21)23-20(15-16-7-3-2-4-8-16)22(28(23)29)17-11-13-18(14-12-17)24(25,26)27/h2-15,22H,1H3/b20-15+. The molecule has 152 valence electrons. The predicted molar refractivity (Wildman–Crippen MR) is 109 cm³/mol. The van der Waals surface area contributed by atoms with Crippen LogP contribution in [-0.2, 0) is 6.18 Å². The molecule has 1 aliphatic heterocycles. The number of nitrogens with zero attached hydrogens (tertiary/aromatic N) is 1. The molecule has 30 heavy (non-hydrogen) atoms. The molecule has 3 nitrogen and oxygen atoms in total. The lowest BCUT2D eigenvalue weighted by Crippen LogP contribution is -2.38. The molecule has 0 amide bonds. The fourth-order valence-corrected chi connectivity index (χ4v) is 3.61. The van der Waals surface area contributed by atoms with Gasteiger partial charge in [-0.15, -0.1) is 0 Å². The van der Waals surface area contributed by atoms with Crippen molar-refractivity contribution in [1.82, 2.24) is 0 Å². The van der Waals surface area contributed by atoms with Crippen LogP contribution in [-0.4, -0.2) is 17.6 Å². The number of rotatable bonds is 4. The summed E-state index contributed by atoms with van der Waals surface area (Å²) in [5.41, 5.74) is 2.45. The molecule has 1 heterocycles. The van der Waals surface area contributed by atoms with Crippen molar-refractivity contribution in [3.63, 3.8) is 0 Å². The number of hydrogen-bond donors (Lipinski definition) is 0. The normalized spacial score (nSPS) is 17.7. The smallest absolute Gasteiger partial charge is 0.416 e. The molecule has 0 aromatic heterocycles. The Kier molecular flexibility index (Phi) is 5.08. The Morgan fingerprint density at radius 2 is 1.53 bits per heavy atom. The van der Waals surface area contributed by atoms with Crippen molar-refractivity contribution in [2.45, 2.75) is 12.2 Å². The molecule has 0 radical (unpaired) electrons. The van der Waals surface area contributed by atoms with Crippen molar-refractivity contribution in [2.24, 2.45) is 0 Å². The van der Waals surface area contributed by atoms with Crippen molar-refractivity contribution in [2.75, 3.05) is 7.11 Å². The molecule has 3 aromatic carbocycles. The monoisotopic (exact) mass is 409 g/mol. The van der Waals surface area contributed by atoms with Gasteiger partial charge in [-0.25, -0.2) is 0 Å². The van der Waals surface area contributed by atoms with Gasteiger partial charge < -0.3 is 9.94 Å². The molecule has 0 saturated heterocycles. The molecule has 1 unspecified atom stereocenters. The summed E-state index contributed by atoms with van der Waals surface area (Å²) >= 11 is 0. The van der Waals surface area contributed by atoms with Gasteiger partial charge in [-0.3, -0.25) is 0 Å². The van der Waals surface area contributed by atoms with Gasteiger partial charge in [0.25, 0.3) is 0 Å². The first-order valence-electron chi connectivity index (χ1n) is 9.31. The minimum absolute atomic E-state index is 0.446. The van der Waals surface area contributed by atoms with Crippen molar-refractivity contribution >= 4 is 11.8 Å². The first-order valence-corrected chi connectivity index (χ1v) is 9.31. The molecule has 0 bridgehead atoms. The molecular formula is C24H18F3NO2. The van der Waals surface area contributed by atoms with Gasteiger partial charge in [-0.2, -0.15) is 17.9 Å². The van der Waals surface area contributed by atoms with E-state index >= 15 is 0 Å². The highest BCUT2D eigenvalue weighted by Crippen LogP contribution is 2.41. The molecule has 1 atom stereocenters. The van der Waals surface area contributed by atoms with Crippen LogP contribution in [0.5, 0.6) is 5.75 Å². The minimum atomic E-state index is -4.42. The second-order valence-electron chi connectivity index (χ2n) is 6.91. The van der Waals surface area contributed by atoms with E-state index in [1.807, 2.05) is 48.5 Å². The topological polar surface area (TPSA) is 35.3 Å². The fourth-order valence-electron chi connectivity index (χ4n) is 3.61. The molecule has 3 aromatic rings. The zero-order chi connectivity index (χ0) is 21.3. The third-order valence-corrected chi connectivity index (χ3v) is 5.06. The second-order valence-corrected chi connectivity index (χ2v) is 6.91. The summed E-state index contributed by atoms with van der Waals surface area (Å²) in [5.74, 6) is 0.554. The van der Waals surface area contributed by atoms with Gasteiger partial charge in [-0.05, 0) is 35.9 Å². The van der Waals surface area contributed by atoms with Gasteiger partial charge in [-0.1, -0.05) is 54.6 Å². The van der Waals surface area contributed by atoms with E-state index in [0.29, 0.717) is 22.6 Å². The second kappa shape index (κ2) is 7.71. The molecule has 0 saturated carbocycles. The molecule has 4 rings (SSSR count). The number of ether oxygens (including phenoxy) is 1. The highest BCUT2D eigenvalue weighted by atomic mass is 19.4. The molecule has 0 N–H and O–H groups in total. The zero-order valence-electron chi connectivity index (χ0n) is 16.1. The van der Waals surface area contributed by atoms with Gasteiger partial charge >= 0.3 is 6.18 Å². The highest BCUT2D eigenvalue weighted by Gasteiger charge is 2.44. The van der Waals surface area contributed by atoms with Crippen LogP contribution in [0.2, 0.25) is 0 Å². The highest BCUT2D eigenvalue weighted by molar-refractivity contribution is 6.16. The lowest BCUT2D eigenvalue weighted by atomic mass is 9.83. The Hall–Kier alpha value is -3.54. The Labute approximate surface area is 172 Å². The van der Waals surface area contributed by atoms with Crippen LogP contribution < -0.4 is 4.74 Å². The van der Waals surface area contributed by atoms with E-state index in [-0.39, 0.29) is 0 Å². The van der Waals surface area contributed by atoms with E-state index < -0.39 is 17.8 Å². The summed E-state index contributed by atoms with van der Waals surface area (Å²) in [6, 6.07) is 20.7. The zero-order valence-corrected chi connectivity index (χ0v) is 16.1. The van der Waals surface area contributed by atoms with Crippen LogP contribution in [0.25, 0.3) is 6.08 Å². The van der Waals surface area contributed by atoms with Gasteiger partial charge in [0.05, 0.1) is 23.8 Å². The maximum absolute atomic E-state index is 13.1. The SMILES string of the molecule is COc1ccccc1C1=[N+]([O-])C(c2ccc(C(F)(F)F)cc2)/C1=C\c1ccccc1. The molecular weight excluding hydrogens is 391 g/mol. The van der Waals surface area contributed by atoms with Gasteiger partial charge in [0.1, 0.15) is 5.75 Å². The Morgan fingerprint density at radius 3 is 2.17 bits per heavy atom. The van der Waals surface area contributed by atoms with Crippen molar-refractivity contribution in [1.29, 1.82) is 0 Å². The number of hydroxylamine groups is 1. The molecule has 6 heteroatoms. The maximum atomic E-state index is 13.1. The van der Waals surface area contributed by atoms with Crippen LogP contribution in [0.4, 0.5) is 13.2 Å². The summed E-state index contributed by atoms with van der Waals surface area (Å²) in [6.45, 7) is 0. The molecule has 1 aliphatic rings. The summed E-state index contributed by atoms with van der Waals surface area (Å²) in [5, 5.41) is 13.1. The summed E-state index contributed by atoms with van der Waals surface area (Å²) in [7, 11) is 1.53. The fraction of sp³-hybridized carbons (Fsp3) is 0.125. The van der Waals surface area contributed by atoms with E-state index in [9.17, 15) is 18.4 Å². The van der Waals surface area contributed by atoms with Crippen LogP contribution >= 0.6 is 0 Å². The van der Waals surface area contributed by atoms with Crippen LogP contribution in [0.3, 0.4) is 0 Å². The Morgan fingerprint density at radius 1 is 0.900 bits per heavy atom. The molecule has 0 fully saturated rings. The van der Waals surface area contributed by atoms with E-state index in [1.165, 1.54) is 19.2 Å². The number of alkyl halides is 3. The lowest BCUT2D eigenvalue weighted by Gasteiger charge is -2.32. The lowest BCUT2D eigenvalue weighted by molar-refractivity contribution is -0.516. The summed E-state index contributed by atoms with van der Waals surface area (Å²) in [6.07, 6.45) is -2.54. The van der Waals surface area contributed by atoms with E-state index in [4.69, 9.17) is 4.74 Å². The Balaban J connectivity index is 1.83. The number of methoxy groups -OCH3 is 1. The van der Waals surface area contributed by atoms with E-state index in [1.54, 1.807) is 12.1 Å². The van der Waals surface area contributed by atoms with E-state index in [0.717, 1.165) is 28.0 Å². The van der Waals surface area contributed by atoms with Crippen molar-refractivity contribution in [3.05, 3.63) is 112 Å². The number of hydrogen-bond acceptors (Lipinski definition) is 2. The minimum Gasteiger partial charge on any atom is -0.623 e. The van der Waals surface area contributed by atoms with Crippen molar-refractivity contribution in [3.8, 4) is 5.75 Å². The summed E-state index contributed by atoms with van der Waals surface area (Å²) in [4.78, 5) is 0. The Bertz CT molecular complexity index is 1120. The van der Waals surface area contributed by atoms with Crippen LogP contribution in [0.15, 0.2) is 84.4 Å². The quantitative estimate of drug-likeness (QED) is 0.400. The number of benzene rings is 3. The van der Waals surface area contributed by atoms with Gasteiger partial charge in [0.15, 0.2) is 0 Å². The first kappa shape index (κ1) is 19.8. The summed E-state index contributed by atoms with van der Waals surface area (Å²) < 4.78 is 45.0. The number of halogens is 3. The third kappa shape index (κ3) is 3.56. The van der Waals surface area contributed by atoms with Crippen LogP contribution in [0.1, 0.15) is 28.3 Å². The average Bonchev–Trinajstić information content (AvgIpc) is 2.74. The molecule has 0 aliphatic carbocycles. The van der Waals surface area contributed by atoms with Gasteiger partial charge in [0, 0.05) is 5.56 Å². The average molecular weight is 409 g/mol. The predicted octanol–water partition coefficient (Wildman–Crippen LogP) is 5.85. The number of para-hydroxylation sites is 1. The van der Waals surface area contributed by atoms with Gasteiger partial charge in [0.2, 0.25) is 11.8 Å². The van der Waals surface area contributed by atoms with Crippen LogP contribution in [0, 0.1) is 5.21 Å².